The number of anilines is 1. The molecule has 2 aromatic rings. The van der Waals surface area contributed by atoms with Crippen LogP contribution in [0.1, 0.15) is 15.9 Å². The first-order chi connectivity index (χ1) is 9.36. The summed E-state index contributed by atoms with van der Waals surface area (Å²) in [6.07, 6.45) is -2.77. The Morgan fingerprint density at radius 3 is 2.60 bits per heavy atom. The standard InChI is InChI=1S/C13H8BrF3N2O/c14-10-2-1-3-11(5-10)19-12(20)8-4-9(7-18-6-8)13(15,16)17/h1-7H,(H,19,20). The maximum atomic E-state index is 12.5. The molecule has 1 N–H and O–H groups in total. The number of nitrogens with zero attached hydrogens (tertiary/aromatic N) is 1. The van der Waals surface area contributed by atoms with Crippen LogP contribution in [0.15, 0.2) is 47.2 Å². The van der Waals surface area contributed by atoms with Crippen molar-refractivity contribution in [3.63, 3.8) is 0 Å². The smallest absolute Gasteiger partial charge is 0.322 e. The molecule has 0 saturated heterocycles. The van der Waals surface area contributed by atoms with Crippen LogP contribution in [0.4, 0.5) is 18.9 Å². The van der Waals surface area contributed by atoms with E-state index in [0.717, 1.165) is 16.7 Å². The molecule has 1 amide bonds. The molecule has 20 heavy (non-hydrogen) atoms. The highest BCUT2D eigenvalue weighted by atomic mass is 79.9. The fourth-order valence-electron chi connectivity index (χ4n) is 1.49. The molecule has 3 nitrogen and oxygen atoms in total. The number of carbonyl (C=O) groups excluding carboxylic acids is 1. The summed E-state index contributed by atoms with van der Waals surface area (Å²) in [7, 11) is 0. The molecule has 1 heterocycles. The zero-order valence-corrected chi connectivity index (χ0v) is 11.5. The number of carbonyl (C=O) groups is 1. The minimum Gasteiger partial charge on any atom is -0.322 e. The Balaban J connectivity index is 2.22. The van der Waals surface area contributed by atoms with Crippen LogP contribution in [-0.2, 0) is 6.18 Å². The predicted octanol–water partition coefficient (Wildman–Crippen LogP) is 4.12. The van der Waals surface area contributed by atoms with Gasteiger partial charge in [0.2, 0.25) is 0 Å². The van der Waals surface area contributed by atoms with Gasteiger partial charge in [-0.05, 0) is 24.3 Å². The van der Waals surface area contributed by atoms with Gasteiger partial charge in [0.05, 0.1) is 11.1 Å². The van der Waals surface area contributed by atoms with Crippen molar-refractivity contribution in [1.82, 2.24) is 4.98 Å². The molecule has 0 atom stereocenters. The van der Waals surface area contributed by atoms with Crippen molar-refractivity contribution in [3.8, 4) is 0 Å². The van der Waals surface area contributed by atoms with Crippen LogP contribution in [0.3, 0.4) is 0 Å². The molecule has 0 fully saturated rings. The Bertz CT molecular complexity index is 644. The number of rotatable bonds is 2. The zero-order chi connectivity index (χ0) is 14.8. The van der Waals surface area contributed by atoms with Crippen LogP contribution in [0, 0.1) is 0 Å². The van der Waals surface area contributed by atoms with E-state index in [1.54, 1.807) is 24.3 Å². The van der Waals surface area contributed by atoms with Gasteiger partial charge in [-0.3, -0.25) is 9.78 Å². The fraction of sp³-hybridized carbons (Fsp3) is 0.0769. The molecular weight excluding hydrogens is 337 g/mol. The molecule has 0 aliphatic rings. The summed E-state index contributed by atoms with van der Waals surface area (Å²) < 4.78 is 38.3. The van der Waals surface area contributed by atoms with E-state index in [2.05, 4.69) is 26.2 Å². The van der Waals surface area contributed by atoms with Crippen LogP contribution >= 0.6 is 15.9 Å². The second-order valence-electron chi connectivity index (χ2n) is 3.92. The van der Waals surface area contributed by atoms with Crippen molar-refractivity contribution in [2.24, 2.45) is 0 Å². The Morgan fingerprint density at radius 1 is 1.20 bits per heavy atom. The predicted molar refractivity (Wildman–Crippen MR) is 71.3 cm³/mol. The van der Waals surface area contributed by atoms with Gasteiger partial charge in [-0.1, -0.05) is 22.0 Å². The van der Waals surface area contributed by atoms with Crippen molar-refractivity contribution in [2.45, 2.75) is 6.18 Å². The van der Waals surface area contributed by atoms with E-state index >= 15 is 0 Å². The maximum absolute atomic E-state index is 12.5. The number of amides is 1. The quantitative estimate of drug-likeness (QED) is 0.890. The third-order valence-electron chi connectivity index (χ3n) is 2.41. The minimum atomic E-state index is -4.53. The lowest BCUT2D eigenvalue weighted by molar-refractivity contribution is -0.137. The highest BCUT2D eigenvalue weighted by molar-refractivity contribution is 9.10. The third kappa shape index (κ3) is 3.57. The molecule has 0 aliphatic carbocycles. The Hall–Kier alpha value is -1.89. The number of pyridine rings is 1. The Kier molecular flexibility index (Phi) is 4.08. The summed E-state index contributed by atoms with van der Waals surface area (Å²) in [5.41, 5.74) is -0.638. The molecule has 0 unspecified atom stereocenters. The average molecular weight is 345 g/mol. The summed E-state index contributed by atoms with van der Waals surface area (Å²) in [6, 6.07) is 7.49. The van der Waals surface area contributed by atoms with Crippen LogP contribution in [0.2, 0.25) is 0 Å². The molecule has 2 rings (SSSR count). The van der Waals surface area contributed by atoms with E-state index in [1.807, 2.05) is 0 Å². The Labute approximate surface area is 121 Å². The van der Waals surface area contributed by atoms with Crippen LogP contribution in [-0.4, -0.2) is 10.9 Å². The second kappa shape index (κ2) is 5.62. The minimum absolute atomic E-state index is 0.153. The molecule has 0 radical (unpaired) electrons. The van der Waals surface area contributed by atoms with E-state index in [4.69, 9.17) is 0 Å². The van der Waals surface area contributed by atoms with Gasteiger partial charge in [0, 0.05) is 22.6 Å². The van der Waals surface area contributed by atoms with Crippen LogP contribution < -0.4 is 5.32 Å². The molecule has 0 bridgehead atoms. The molecule has 1 aromatic heterocycles. The van der Waals surface area contributed by atoms with Gasteiger partial charge in [-0.2, -0.15) is 13.2 Å². The normalized spacial score (nSPS) is 11.2. The zero-order valence-electron chi connectivity index (χ0n) is 9.91. The summed E-state index contributed by atoms with van der Waals surface area (Å²) in [5, 5.41) is 2.50. The van der Waals surface area contributed by atoms with E-state index in [-0.39, 0.29) is 5.56 Å². The lowest BCUT2D eigenvalue weighted by Crippen LogP contribution is -2.14. The van der Waals surface area contributed by atoms with Crippen molar-refractivity contribution in [1.29, 1.82) is 0 Å². The van der Waals surface area contributed by atoms with Crippen LogP contribution in [0.25, 0.3) is 0 Å². The van der Waals surface area contributed by atoms with Crippen LogP contribution in [0.5, 0.6) is 0 Å². The summed E-state index contributed by atoms with van der Waals surface area (Å²) in [4.78, 5) is 15.3. The number of hydrogen-bond donors (Lipinski definition) is 1. The number of alkyl halides is 3. The first-order valence-electron chi connectivity index (χ1n) is 5.45. The van der Waals surface area contributed by atoms with E-state index in [9.17, 15) is 18.0 Å². The first kappa shape index (κ1) is 14.5. The van der Waals surface area contributed by atoms with Gasteiger partial charge in [0.25, 0.3) is 5.91 Å². The van der Waals surface area contributed by atoms with Crippen molar-refractivity contribution >= 4 is 27.5 Å². The van der Waals surface area contributed by atoms with Gasteiger partial charge in [0.15, 0.2) is 0 Å². The van der Waals surface area contributed by atoms with Gasteiger partial charge >= 0.3 is 6.18 Å². The molecule has 7 heteroatoms. The van der Waals surface area contributed by atoms with E-state index < -0.39 is 17.6 Å². The number of aromatic nitrogens is 1. The van der Waals surface area contributed by atoms with Gasteiger partial charge < -0.3 is 5.32 Å². The van der Waals surface area contributed by atoms with Gasteiger partial charge in [0.1, 0.15) is 0 Å². The number of benzene rings is 1. The maximum Gasteiger partial charge on any atom is 0.417 e. The molecule has 0 aliphatic heterocycles. The SMILES string of the molecule is O=C(Nc1cccc(Br)c1)c1cncc(C(F)(F)F)c1. The summed E-state index contributed by atoms with van der Waals surface area (Å²) in [5.74, 6) is -0.651. The highest BCUT2D eigenvalue weighted by Crippen LogP contribution is 2.29. The number of halogens is 4. The van der Waals surface area contributed by atoms with Crippen molar-refractivity contribution < 1.29 is 18.0 Å². The van der Waals surface area contributed by atoms with Crippen molar-refractivity contribution in [3.05, 3.63) is 58.3 Å². The topological polar surface area (TPSA) is 42.0 Å². The average Bonchev–Trinajstić information content (AvgIpc) is 2.38. The molecule has 0 spiro atoms. The highest BCUT2D eigenvalue weighted by Gasteiger charge is 2.31. The largest absolute Gasteiger partial charge is 0.417 e. The monoisotopic (exact) mass is 344 g/mol. The van der Waals surface area contributed by atoms with E-state index in [0.29, 0.717) is 11.9 Å². The van der Waals surface area contributed by atoms with Gasteiger partial charge in [-0.15, -0.1) is 0 Å². The third-order valence-corrected chi connectivity index (χ3v) is 2.90. The summed E-state index contributed by atoms with van der Waals surface area (Å²) in [6.45, 7) is 0. The number of hydrogen-bond acceptors (Lipinski definition) is 2. The molecular formula is C13H8BrF3N2O. The van der Waals surface area contributed by atoms with Crippen molar-refractivity contribution in [2.75, 3.05) is 5.32 Å². The lowest BCUT2D eigenvalue weighted by Gasteiger charge is -2.09. The lowest BCUT2D eigenvalue weighted by atomic mass is 10.2. The molecule has 1 aromatic carbocycles. The van der Waals surface area contributed by atoms with Gasteiger partial charge in [-0.25, -0.2) is 0 Å². The number of nitrogens with one attached hydrogen (secondary N) is 1. The second-order valence-corrected chi connectivity index (χ2v) is 4.84. The first-order valence-corrected chi connectivity index (χ1v) is 6.25. The molecule has 0 saturated carbocycles. The van der Waals surface area contributed by atoms with E-state index in [1.165, 1.54) is 0 Å². The fourth-order valence-corrected chi connectivity index (χ4v) is 1.89. The summed E-state index contributed by atoms with van der Waals surface area (Å²) >= 11 is 3.23. The molecule has 104 valence electrons. The Morgan fingerprint density at radius 2 is 1.95 bits per heavy atom.